The molecule has 2 aromatic carbocycles. The molecule has 19 heavy (non-hydrogen) atoms. The van der Waals surface area contributed by atoms with Gasteiger partial charge < -0.3 is 10.4 Å². The molecule has 2 aromatic rings. The predicted octanol–water partition coefficient (Wildman–Crippen LogP) is 3.05. The molecular weight excluding hydrogens is 258 g/mol. The highest BCUT2D eigenvalue weighted by atomic mass is 32.2. The van der Waals surface area contributed by atoms with Crippen molar-refractivity contribution < 1.29 is 9.90 Å². The van der Waals surface area contributed by atoms with Crippen molar-refractivity contribution >= 4 is 23.4 Å². The number of thioether (sulfide) groups is 1. The maximum Gasteiger partial charge on any atom is 0.238 e. The average molecular weight is 271 g/mol. The Labute approximate surface area is 115 Å². The number of para-hydroxylation sites is 2. The first-order chi connectivity index (χ1) is 9.24. The highest BCUT2D eigenvalue weighted by Gasteiger charge is 2.28. The number of nitrogens with one attached hydrogen (secondary N) is 1. The Balaban J connectivity index is 1.72. The lowest BCUT2D eigenvalue weighted by molar-refractivity contribution is -0.115. The van der Waals surface area contributed by atoms with Gasteiger partial charge in [-0.3, -0.25) is 4.79 Å². The number of rotatable bonds is 2. The van der Waals surface area contributed by atoms with Crippen molar-refractivity contribution in [2.24, 2.45) is 0 Å². The van der Waals surface area contributed by atoms with Crippen LogP contribution in [0.5, 0.6) is 5.75 Å². The van der Waals surface area contributed by atoms with Crippen LogP contribution >= 0.6 is 11.8 Å². The maximum atomic E-state index is 12.2. The highest BCUT2D eigenvalue weighted by Crippen LogP contribution is 2.37. The minimum absolute atomic E-state index is 0.0669. The fourth-order valence-corrected chi connectivity index (χ4v) is 3.32. The first kappa shape index (κ1) is 12.1. The Kier molecular flexibility index (Phi) is 3.17. The summed E-state index contributed by atoms with van der Waals surface area (Å²) >= 11 is 1.58. The van der Waals surface area contributed by atoms with Crippen molar-refractivity contribution in [3.63, 3.8) is 0 Å². The zero-order chi connectivity index (χ0) is 13.2. The van der Waals surface area contributed by atoms with E-state index < -0.39 is 0 Å². The summed E-state index contributed by atoms with van der Waals surface area (Å²) in [6.07, 6.45) is 0.736. The van der Waals surface area contributed by atoms with E-state index in [2.05, 4.69) is 11.4 Å². The van der Waals surface area contributed by atoms with E-state index in [4.69, 9.17) is 0 Å². The van der Waals surface area contributed by atoms with E-state index in [0.717, 1.165) is 6.42 Å². The number of fused-ring (bicyclic) bond motifs is 1. The van der Waals surface area contributed by atoms with Crippen LogP contribution in [0.25, 0.3) is 0 Å². The number of benzene rings is 2. The van der Waals surface area contributed by atoms with Gasteiger partial charge in [0.05, 0.1) is 10.9 Å². The molecule has 4 heteroatoms. The molecule has 0 radical (unpaired) electrons. The van der Waals surface area contributed by atoms with E-state index in [1.807, 2.05) is 18.2 Å². The monoisotopic (exact) mass is 271 g/mol. The lowest BCUT2D eigenvalue weighted by Gasteiger charge is -2.10. The fourth-order valence-electron chi connectivity index (χ4n) is 2.12. The molecule has 96 valence electrons. The first-order valence-corrected chi connectivity index (χ1v) is 6.95. The smallest absolute Gasteiger partial charge is 0.238 e. The van der Waals surface area contributed by atoms with Crippen molar-refractivity contribution in [2.75, 3.05) is 5.32 Å². The molecule has 0 spiro atoms. The Bertz CT molecular complexity index is 602. The Morgan fingerprint density at radius 2 is 1.89 bits per heavy atom. The zero-order valence-corrected chi connectivity index (χ0v) is 11.0. The number of hydrogen-bond donors (Lipinski definition) is 2. The number of phenols is 1. The van der Waals surface area contributed by atoms with Gasteiger partial charge in [-0.2, -0.15) is 0 Å². The summed E-state index contributed by atoms with van der Waals surface area (Å²) in [5.74, 6) is 0.0269. The van der Waals surface area contributed by atoms with Crippen molar-refractivity contribution in [2.45, 2.75) is 16.6 Å². The van der Waals surface area contributed by atoms with Crippen LogP contribution in [-0.2, 0) is 11.2 Å². The van der Waals surface area contributed by atoms with Gasteiger partial charge in [0.15, 0.2) is 0 Å². The van der Waals surface area contributed by atoms with E-state index in [0.29, 0.717) is 5.69 Å². The standard InChI is InChI=1S/C15H13NO2S/c17-12-7-3-2-6-11(12)16-15(18)14-9-10-5-1-4-8-13(10)19-14/h1-8,14,17H,9H2,(H,16,18)/t14-/m1/s1. The number of carbonyl (C=O) groups excluding carboxylic acids is 1. The number of aromatic hydroxyl groups is 1. The van der Waals surface area contributed by atoms with E-state index in [1.54, 1.807) is 36.0 Å². The van der Waals surface area contributed by atoms with Gasteiger partial charge in [0.2, 0.25) is 5.91 Å². The minimum Gasteiger partial charge on any atom is -0.506 e. The predicted molar refractivity (Wildman–Crippen MR) is 76.5 cm³/mol. The molecule has 1 aliphatic heterocycles. The molecule has 0 aliphatic carbocycles. The molecule has 0 aromatic heterocycles. The Morgan fingerprint density at radius 3 is 2.68 bits per heavy atom. The normalized spacial score (nSPS) is 16.9. The molecule has 0 bridgehead atoms. The van der Waals surface area contributed by atoms with Crippen LogP contribution in [0.3, 0.4) is 0 Å². The minimum atomic E-state index is -0.128. The van der Waals surface area contributed by atoms with Gasteiger partial charge in [0.1, 0.15) is 5.75 Å². The Morgan fingerprint density at radius 1 is 1.16 bits per heavy atom. The van der Waals surface area contributed by atoms with Crippen LogP contribution < -0.4 is 5.32 Å². The second kappa shape index (κ2) is 4.97. The molecule has 1 heterocycles. The average Bonchev–Trinajstić information content (AvgIpc) is 2.85. The third kappa shape index (κ3) is 2.44. The van der Waals surface area contributed by atoms with E-state index >= 15 is 0 Å². The van der Waals surface area contributed by atoms with Gasteiger partial charge in [0, 0.05) is 4.90 Å². The summed E-state index contributed by atoms with van der Waals surface area (Å²) in [5.41, 5.74) is 1.67. The number of amides is 1. The lowest BCUT2D eigenvalue weighted by atomic mass is 10.1. The molecule has 0 saturated heterocycles. The second-order valence-corrected chi connectivity index (χ2v) is 5.67. The molecule has 1 amide bonds. The highest BCUT2D eigenvalue weighted by molar-refractivity contribution is 8.01. The topological polar surface area (TPSA) is 49.3 Å². The van der Waals surface area contributed by atoms with Crippen molar-refractivity contribution in [3.05, 3.63) is 54.1 Å². The molecule has 3 rings (SSSR count). The van der Waals surface area contributed by atoms with Crippen LogP contribution in [0.4, 0.5) is 5.69 Å². The van der Waals surface area contributed by atoms with Crippen molar-refractivity contribution in [3.8, 4) is 5.75 Å². The molecule has 3 nitrogen and oxygen atoms in total. The Hall–Kier alpha value is -1.94. The van der Waals surface area contributed by atoms with Gasteiger partial charge in [-0.1, -0.05) is 30.3 Å². The fraction of sp³-hybridized carbons (Fsp3) is 0.133. The lowest BCUT2D eigenvalue weighted by Crippen LogP contribution is -2.24. The quantitative estimate of drug-likeness (QED) is 0.825. The van der Waals surface area contributed by atoms with E-state index in [-0.39, 0.29) is 16.9 Å². The number of hydrogen-bond acceptors (Lipinski definition) is 3. The molecule has 2 N–H and O–H groups in total. The summed E-state index contributed by atoms with van der Waals surface area (Å²) < 4.78 is 0. The second-order valence-electron chi connectivity index (χ2n) is 4.42. The molecule has 0 fully saturated rings. The molecular formula is C15H13NO2S. The third-order valence-electron chi connectivity index (χ3n) is 3.10. The van der Waals surface area contributed by atoms with Crippen molar-refractivity contribution in [1.29, 1.82) is 0 Å². The molecule has 1 atom stereocenters. The first-order valence-electron chi connectivity index (χ1n) is 6.07. The number of anilines is 1. The summed E-state index contributed by atoms with van der Waals surface area (Å²) in [6, 6.07) is 14.8. The summed E-state index contributed by atoms with van der Waals surface area (Å²) in [7, 11) is 0. The number of phenolic OH excluding ortho intramolecular Hbond substituents is 1. The van der Waals surface area contributed by atoms with Crippen molar-refractivity contribution in [1.82, 2.24) is 0 Å². The van der Waals surface area contributed by atoms with E-state index in [1.165, 1.54) is 10.5 Å². The zero-order valence-electron chi connectivity index (χ0n) is 10.2. The third-order valence-corrected chi connectivity index (χ3v) is 4.42. The van der Waals surface area contributed by atoms with E-state index in [9.17, 15) is 9.90 Å². The van der Waals surface area contributed by atoms with Crippen LogP contribution in [0.2, 0.25) is 0 Å². The molecule has 1 aliphatic rings. The van der Waals surface area contributed by atoms with Gasteiger partial charge in [0.25, 0.3) is 0 Å². The van der Waals surface area contributed by atoms with Crippen LogP contribution in [0.15, 0.2) is 53.4 Å². The van der Waals surface area contributed by atoms with Gasteiger partial charge >= 0.3 is 0 Å². The number of carbonyl (C=O) groups is 1. The van der Waals surface area contributed by atoms with Crippen LogP contribution in [-0.4, -0.2) is 16.3 Å². The van der Waals surface area contributed by atoms with Gasteiger partial charge in [-0.25, -0.2) is 0 Å². The van der Waals surface area contributed by atoms with Crippen LogP contribution in [0.1, 0.15) is 5.56 Å². The maximum absolute atomic E-state index is 12.2. The SMILES string of the molecule is O=C(Nc1ccccc1O)[C@H]1Cc2ccccc2S1. The molecule has 0 saturated carbocycles. The molecule has 0 unspecified atom stereocenters. The summed E-state index contributed by atoms with van der Waals surface area (Å²) in [4.78, 5) is 13.4. The largest absolute Gasteiger partial charge is 0.506 e. The van der Waals surface area contributed by atoms with Gasteiger partial charge in [-0.05, 0) is 30.2 Å². The van der Waals surface area contributed by atoms with Gasteiger partial charge in [-0.15, -0.1) is 11.8 Å². The van der Waals surface area contributed by atoms with Crippen LogP contribution in [0, 0.1) is 0 Å². The summed E-state index contributed by atoms with van der Waals surface area (Å²) in [5, 5.41) is 12.3. The summed E-state index contributed by atoms with van der Waals surface area (Å²) in [6.45, 7) is 0.